The van der Waals surface area contributed by atoms with Crippen LogP contribution < -0.4 is 4.74 Å². The summed E-state index contributed by atoms with van der Waals surface area (Å²) in [5, 5.41) is 0. The van der Waals surface area contributed by atoms with Gasteiger partial charge in [-0.15, -0.1) is 24.8 Å². The van der Waals surface area contributed by atoms with Gasteiger partial charge < -0.3 is 4.74 Å². The van der Waals surface area contributed by atoms with Gasteiger partial charge in [-0.25, -0.2) is 0 Å². The van der Waals surface area contributed by atoms with E-state index in [0.29, 0.717) is 5.56 Å². The SMILES string of the molecule is FC(F)(F)Oc1cncc(CCl)c1Br. The molecule has 0 fully saturated rings. The molecule has 7 heteroatoms. The Morgan fingerprint density at radius 2 is 2.07 bits per heavy atom. The van der Waals surface area contributed by atoms with E-state index in [1.165, 1.54) is 6.20 Å². The van der Waals surface area contributed by atoms with Gasteiger partial charge in [0.15, 0.2) is 5.75 Å². The summed E-state index contributed by atoms with van der Waals surface area (Å²) in [6.45, 7) is 0. The molecular formula is C7H4BrClF3NO. The molecule has 1 aromatic heterocycles. The number of hydrogen-bond donors (Lipinski definition) is 0. The first kappa shape index (κ1) is 11.6. The van der Waals surface area contributed by atoms with Crippen LogP contribution in [0.2, 0.25) is 0 Å². The van der Waals surface area contributed by atoms with Crippen LogP contribution in [0.3, 0.4) is 0 Å². The number of rotatable bonds is 2. The third kappa shape index (κ3) is 3.02. The normalized spacial score (nSPS) is 11.5. The Labute approximate surface area is 91.2 Å². The third-order valence-corrected chi connectivity index (χ3v) is 2.48. The van der Waals surface area contributed by atoms with Gasteiger partial charge in [-0.05, 0) is 15.9 Å². The van der Waals surface area contributed by atoms with E-state index in [0.717, 1.165) is 6.20 Å². The van der Waals surface area contributed by atoms with Crippen LogP contribution in [-0.4, -0.2) is 11.3 Å². The lowest BCUT2D eigenvalue weighted by atomic mass is 10.3. The number of pyridine rings is 1. The average Bonchev–Trinajstić information content (AvgIpc) is 2.06. The Balaban J connectivity index is 2.98. The van der Waals surface area contributed by atoms with E-state index in [4.69, 9.17) is 11.6 Å². The lowest BCUT2D eigenvalue weighted by molar-refractivity contribution is -0.275. The van der Waals surface area contributed by atoms with E-state index in [1.807, 2.05) is 0 Å². The molecule has 0 aliphatic rings. The van der Waals surface area contributed by atoms with E-state index in [-0.39, 0.29) is 10.4 Å². The van der Waals surface area contributed by atoms with Gasteiger partial charge in [0.2, 0.25) is 0 Å². The summed E-state index contributed by atoms with van der Waals surface area (Å²) in [5.74, 6) is -0.335. The smallest absolute Gasteiger partial charge is 0.403 e. The van der Waals surface area contributed by atoms with E-state index in [1.54, 1.807) is 0 Å². The van der Waals surface area contributed by atoms with E-state index in [9.17, 15) is 13.2 Å². The fourth-order valence-electron chi connectivity index (χ4n) is 0.756. The van der Waals surface area contributed by atoms with Crippen LogP contribution in [0.25, 0.3) is 0 Å². The Bertz CT molecular complexity index is 331. The average molecular weight is 290 g/mol. The van der Waals surface area contributed by atoms with Crippen molar-refractivity contribution in [3.63, 3.8) is 0 Å². The Morgan fingerprint density at radius 1 is 1.43 bits per heavy atom. The molecule has 2 nitrogen and oxygen atoms in total. The highest BCUT2D eigenvalue weighted by atomic mass is 79.9. The van der Waals surface area contributed by atoms with Gasteiger partial charge in [0, 0.05) is 11.8 Å². The van der Waals surface area contributed by atoms with Crippen LogP contribution >= 0.6 is 27.5 Å². The highest BCUT2D eigenvalue weighted by Crippen LogP contribution is 2.32. The zero-order valence-corrected chi connectivity index (χ0v) is 8.95. The maximum absolute atomic E-state index is 11.9. The molecule has 0 atom stereocenters. The number of alkyl halides is 4. The molecule has 1 heterocycles. The number of hydrogen-bond acceptors (Lipinski definition) is 2. The van der Waals surface area contributed by atoms with Crippen molar-refractivity contribution in [3.05, 3.63) is 22.4 Å². The molecule has 0 radical (unpaired) electrons. The molecule has 0 aliphatic carbocycles. The standard InChI is InChI=1S/C7H4BrClF3NO/c8-6-4(1-9)2-13-3-5(6)14-7(10,11)12/h2-3H,1H2. The lowest BCUT2D eigenvalue weighted by Crippen LogP contribution is -2.17. The minimum Gasteiger partial charge on any atom is -0.403 e. The maximum Gasteiger partial charge on any atom is 0.573 e. The molecule has 14 heavy (non-hydrogen) atoms. The van der Waals surface area contributed by atoms with Crippen LogP contribution in [0.4, 0.5) is 13.2 Å². The van der Waals surface area contributed by atoms with Crippen molar-refractivity contribution in [1.82, 2.24) is 4.98 Å². The number of aromatic nitrogens is 1. The molecule has 0 N–H and O–H groups in total. The molecule has 0 unspecified atom stereocenters. The summed E-state index contributed by atoms with van der Waals surface area (Å²) in [6, 6.07) is 0. The molecule has 1 rings (SSSR count). The van der Waals surface area contributed by atoms with Crippen molar-refractivity contribution in [2.45, 2.75) is 12.2 Å². The van der Waals surface area contributed by atoms with Crippen molar-refractivity contribution in [3.8, 4) is 5.75 Å². The Morgan fingerprint density at radius 3 is 2.57 bits per heavy atom. The van der Waals surface area contributed by atoms with Gasteiger partial charge in [0.25, 0.3) is 0 Å². The molecule has 0 amide bonds. The van der Waals surface area contributed by atoms with E-state index < -0.39 is 12.1 Å². The van der Waals surface area contributed by atoms with E-state index in [2.05, 4.69) is 25.7 Å². The molecule has 78 valence electrons. The van der Waals surface area contributed by atoms with Gasteiger partial charge in [0.1, 0.15) is 0 Å². The van der Waals surface area contributed by atoms with Crippen LogP contribution in [0.1, 0.15) is 5.56 Å². The first-order valence-electron chi connectivity index (χ1n) is 3.38. The second-order valence-electron chi connectivity index (χ2n) is 2.29. The van der Waals surface area contributed by atoms with Crippen molar-refractivity contribution >= 4 is 27.5 Å². The molecule has 0 aliphatic heterocycles. The monoisotopic (exact) mass is 289 g/mol. The molecule has 0 spiro atoms. The minimum atomic E-state index is -4.73. The second kappa shape index (κ2) is 4.35. The number of halogens is 5. The molecule has 0 saturated carbocycles. The fraction of sp³-hybridized carbons (Fsp3) is 0.286. The predicted octanol–water partition coefficient (Wildman–Crippen LogP) is 3.48. The Kier molecular flexibility index (Phi) is 3.60. The van der Waals surface area contributed by atoms with E-state index >= 15 is 0 Å². The highest BCUT2D eigenvalue weighted by molar-refractivity contribution is 9.10. The topological polar surface area (TPSA) is 22.1 Å². The van der Waals surface area contributed by atoms with Gasteiger partial charge in [-0.1, -0.05) is 0 Å². The molecule has 0 bridgehead atoms. The summed E-state index contributed by atoms with van der Waals surface area (Å²) < 4.78 is 39.4. The van der Waals surface area contributed by atoms with Gasteiger partial charge in [-0.3, -0.25) is 4.98 Å². The summed E-state index contributed by atoms with van der Waals surface area (Å²) in [6.07, 6.45) is -2.40. The maximum atomic E-state index is 11.9. The largest absolute Gasteiger partial charge is 0.573 e. The zero-order chi connectivity index (χ0) is 10.8. The number of nitrogens with zero attached hydrogens (tertiary/aromatic N) is 1. The molecule has 1 aromatic rings. The first-order chi connectivity index (χ1) is 6.44. The van der Waals surface area contributed by atoms with Crippen molar-refractivity contribution in [2.75, 3.05) is 0 Å². The van der Waals surface area contributed by atoms with Crippen molar-refractivity contribution in [2.24, 2.45) is 0 Å². The Hall–Kier alpha value is -0.490. The minimum absolute atomic E-state index is 0.0582. The molecule has 0 saturated heterocycles. The predicted molar refractivity (Wildman–Crippen MR) is 48.2 cm³/mol. The van der Waals surface area contributed by atoms with Crippen molar-refractivity contribution < 1.29 is 17.9 Å². The molecular weight excluding hydrogens is 286 g/mol. The first-order valence-corrected chi connectivity index (χ1v) is 4.71. The fourth-order valence-corrected chi connectivity index (χ4v) is 1.55. The van der Waals surface area contributed by atoms with Crippen LogP contribution in [0.15, 0.2) is 16.9 Å². The zero-order valence-electron chi connectivity index (χ0n) is 6.61. The summed E-state index contributed by atoms with van der Waals surface area (Å²) >= 11 is 8.41. The summed E-state index contributed by atoms with van der Waals surface area (Å²) in [4.78, 5) is 3.56. The molecule has 0 aromatic carbocycles. The van der Waals surface area contributed by atoms with Crippen LogP contribution in [-0.2, 0) is 5.88 Å². The van der Waals surface area contributed by atoms with Gasteiger partial charge in [0.05, 0.1) is 16.5 Å². The van der Waals surface area contributed by atoms with Gasteiger partial charge in [-0.2, -0.15) is 0 Å². The van der Waals surface area contributed by atoms with Gasteiger partial charge >= 0.3 is 6.36 Å². The second-order valence-corrected chi connectivity index (χ2v) is 3.35. The summed E-state index contributed by atoms with van der Waals surface area (Å²) in [5.41, 5.74) is 0.438. The van der Waals surface area contributed by atoms with Crippen LogP contribution in [0, 0.1) is 0 Å². The third-order valence-electron chi connectivity index (χ3n) is 1.29. The summed E-state index contributed by atoms with van der Waals surface area (Å²) in [7, 11) is 0. The number of ether oxygens (including phenoxy) is 1. The van der Waals surface area contributed by atoms with Crippen molar-refractivity contribution in [1.29, 1.82) is 0 Å². The lowest BCUT2D eigenvalue weighted by Gasteiger charge is -2.11. The van der Waals surface area contributed by atoms with Crippen LogP contribution in [0.5, 0.6) is 5.75 Å². The quantitative estimate of drug-likeness (QED) is 0.778. The highest BCUT2D eigenvalue weighted by Gasteiger charge is 2.32.